The molecule has 0 saturated carbocycles. The van der Waals surface area contributed by atoms with Gasteiger partial charge in [-0.05, 0) is 51.2 Å². The molecule has 2 atom stereocenters. The van der Waals surface area contributed by atoms with Crippen LogP contribution in [0.2, 0.25) is 0 Å². The fourth-order valence-corrected chi connectivity index (χ4v) is 7.10. The summed E-state index contributed by atoms with van der Waals surface area (Å²) in [6, 6.07) is 15.6. The minimum Gasteiger partial charge on any atom is -0.381 e. The Labute approximate surface area is 252 Å². The summed E-state index contributed by atoms with van der Waals surface area (Å²) in [6.07, 6.45) is 3.44. The van der Waals surface area contributed by atoms with E-state index in [0.29, 0.717) is 35.2 Å². The smallest absolute Gasteiger partial charge is 0.231 e. The fourth-order valence-electron chi connectivity index (χ4n) is 6.39. The van der Waals surface area contributed by atoms with Crippen LogP contribution in [0.5, 0.6) is 0 Å². The van der Waals surface area contributed by atoms with Gasteiger partial charge in [0.25, 0.3) is 0 Å². The molecule has 0 bridgehead atoms. The van der Waals surface area contributed by atoms with Crippen LogP contribution in [0.15, 0.2) is 54.7 Å². The van der Waals surface area contributed by atoms with Gasteiger partial charge in [0.15, 0.2) is 16.8 Å². The normalized spacial score (nSPS) is 16.1. The molecule has 2 aromatic carbocycles. The first-order valence-corrected chi connectivity index (χ1v) is 15.6. The third kappa shape index (κ3) is 5.19. The summed E-state index contributed by atoms with van der Waals surface area (Å²) in [7, 11) is -0.131. The van der Waals surface area contributed by atoms with Crippen molar-refractivity contribution in [2.45, 2.75) is 52.1 Å². The van der Waals surface area contributed by atoms with Crippen molar-refractivity contribution in [2.24, 2.45) is 13.0 Å². The lowest BCUT2D eigenvalue weighted by Gasteiger charge is -2.33. The third-order valence-electron chi connectivity index (χ3n) is 8.42. The molecule has 4 heterocycles. The van der Waals surface area contributed by atoms with Gasteiger partial charge in [-0.25, -0.2) is 18.0 Å². The zero-order valence-corrected chi connectivity index (χ0v) is 25.7. The Hall–Kier alpha value is -3.80. The van der Waals surface area contributed by atoms with Crippen molar-refractivity contribution >= 4 is 38.0 Å². The molecule has 1 N–H and O–H groups in total. The summed E-state index contributed by atoms with van der Waals surface area (Å²) in [5, 5.41) is 8.57. The molecular formula is C32H35FN6O3S. The van der Waals surface area contributed by atoms with Crippen molar-refractivity contribution in [3.05, 3.63) is 77.4 Å². The molecule has 5 aromatic rings. The first-order chi connectivity index (χ1) is 20.6. The van der Waals surface area contributed by atoms with Gasteiger partial charge in [0.2, 0.25) is 5.12 Å². The SMILES string of the molecule is CC(=O)S(=O)NC(C)(C)c1ccc2c3ncc(-c4c(C)nnn4C)cc3n([C@H](c3ccccc3)C3CCOCC3)c2c1F. The number of aryl methyl sites for hydroxylation is 2. The average molecular weight is 603 g/mol. The van der Waals surface area contributed by atoms with Crippen molar-refractivity contribution < 1.29 is 18.1 Å². The average Bonchev–Trinajstić information content (AvgIpc) is 3.50. The lowest BCUT2D eigenvalue weighted by atomic mass is 9.86. The Morgan fingerprint density at radius 3 is 2.53 bits per heavy atom. The highest BCUT2D eigenvalue weighted by molar-refractivity contribution is 7.98. The highest BCUT2D eigenvalue weighted by atomic mass is 32.2. The molecule has 1 fully saturated rings. The largest absolute Gasteiger partial charge is 0.381 e. The van der Waals surface area contributed by atoms with Crippen LogP contribution in [0.3, 0.4) is 0 Å². The number of halogens is 1. The van der Waals surface area contributed by atoms with Gasteiger partial charge in [0, 0.05) is 49.9 Å². The van der Waals surface area contributed by atoms with Crippen LogP contribution >= 0.6 is 0 Å². The van der Waals surface area contributed by atoms with Gasteiger partial charge >= 0.3 is 0 Å². The Morgan fingerprint density at radius 2 is 1.88 bits per heavy atom. The number of ether oxygens (including phenoxy) is 1. The predicted octanol–water partition coefficient (Wildman–Crippen LogP) is 5.48. The number of hydrogen-bond acceptors (Lipinski definition) is 6. The molecule has 43 heavy (non-hydrogen) atoms. The number of aromatic nitrogens is 5. The van der Waals surface area contributed by atoms with Gasteiger partial charge in [-0.1, -0.05) is 47.7 Å². The summed E-state index contributed by atoms with van der Waals surface area (Å²) in [4.78, 5) is 16.7. The summed E-state index contributed by atoms with van der Waals surface area (Å²) >= 11 is 0. The second kappa shape index (κ2) is 11.4. The van der Waals surface area contributed by atoms with Gasteiger partial charge in [-0.3, -0.25) is 9.78 Å². The van der Waals surface area contributed by atoms with E-state index in [-0.39, 0.29) is 12.0 Å². The number of nitrogens with zero attached hydrogens (tertiary/aromatic N) is 5. The van der Waals surface area contributed by atoms with Gasteiger partial charge in [-0.2, -0.15) is 0 Å². The van der Waals surface area contributed by atoms with E-state index in [9.17, 15) is 9.00 Å². The number of carbonyl (C=O) groups is 1. The van der Waals surface area contributed by atoms with E-state index < -0.39 is 27.5 Å². The third-order valence-corrected chi connectivity index (χ3v) is 9.64. The van der Waals surface area contributed by atoms with Gasteiger partial charge in [0.1, 0.15) is 0 Å². The number of rotatable bonds is 7. The summed E-state index contributed by atoms with van der Waals surface area (Å²) < 4.78 is 42.0. The van der Waals surface area contributed by atoms with Crippen molar-refractivity contribution in [3.8, 4) is 11.3 Å². The molecule has 224 valence electrons. The molecule has 3 aromatic heterocycles. The number of pyridine rings is 1. The zero-order valence-electron chi connectivity index (χ0n) is 24.9. The maximum Gasteiger partial charge on any atom is 0.231 e. The maximum absolute atomic E-state index is 17.1. The first-order valence-electron chi connectivity index (χ1n) is 14.4. The van der Waals surface area contributed by atoms with Crippen molar-refractivity contribution in [2.75, 3.05) is 13.2 Å². The van der Waals surface area contributed by atoms with Crippen LogP contribution in [0.1, 0.15) is 56.5 Å². The second-order valence-corrected chi connectivity index (χ2v) is 13.0. The van der Waals surface area contributed by atoms with Crippen LogP contribution in [0, 0.1) is 18.7 Å². The molecule has 0 amide bonds. The molecule has 1 aliphatic heterocycles. The highest BCUT2D eigenvalue weighted by Crippen LogP contribution is 2.43. The molecule has 0 radical (unpaired) electrons. The molecule has 6 rings (SSSR count). The van der Waals surface area contributed by atoms with Crippen LogP contribution in [-0.2, 0) is 33.1 Å². The van der Waals surface area contributed by atoms with E-state index in [4.69, 9.17) is 9.72 Å². The maximum atomic E-state index is 17.1. The summed E-state index contributed by atoms with van der Waals surface area (Å²) in [6.45, 7) is 7.88. The highest BCUT2D eigenvalue weighted by Gasteiger charge is 2.34. The van der Waals surface area contributed by atoms with E-state index in [0.717, 1.165) is 40.9 Å². The molecule has 1 unspecified atom stereocenters. The van der Waals surface area contributed by atoms with E-state index in [2.05, 4.69) is 37.8 Å². The Kier molecular flexibility index (Phi) is 7.74. The minimum absolute atomic E-state index is 0.179. The van der Waals surface area contributed by atoms with E-state index in [1.165, 1.54) is 6.92 Å². The molecule has 0 spiro atoms. The number of benzene rings is 2. The van der Waals surface area contributed by atoms with E-state index >= 15 is 4.39 Å². The van der Waals surface area contributed by atoms with Gasteiger partial charge in [0.05, 0.1) is 39.5 Å². The molecule has 9 nitrogen and oxygen atoms in total. The molecule has 1 saturated heterocycles. The second-order valence-electron chi connectivity index (χ2n) is 11.7. The predicted molar refractivity (Wildman–Crippen MR) is 165 cm³/mol. The van der Waals surface area contributed by atoms with Crippen LogP contribution in [0.4, 0.5) is 4.39 Å². The quantitative estimate of drug-likeness (QED) is 0.265. The van der Waals surface area contributed by atoms with E-state index in [1.54, 1.807) is 30.8 Å². The lowest BCUT2D eigenvalue weighted by Crippen LogP contribution is -2.40. The molecular weight excluding hydrogens is 567 g/mol. The fraction of sp³-hybridized carbons (Fsp3) is 0.375. The number of hydrogen-bond donors (Lipinski definition) is 1. The van der Waals surface area contributed by atoms with Crippen molar-refractivity contribution in [1.82, 2.24) is 29.3 Å². The first kappa shape index (κ1) is 29.3. The van der Waals surface area contributed by atoms with Crippen molar-refractivity contribution in [1.29, 1.82) is 0 Å². The van der Waals surface area contributed by atoms with Crippen LogP contribution in [-0.4, -0.2) is 47.1 Å². The molecule has 1 aliphatic rings. The molecule has 11 heteroatoms. The van der Waals surface area contributed by atoms with E-state index in [1.807, 2.05) is 38.2 Å². The zero-order chi connectivity index (χ0) is 30.5. The van der Waals surface area contributed by atoms with Crippen LogP contribution in [0.25, 0.3) is 33.2 Å². The standard InChI is InChI=1S/C32H35FN6O3S/c1-19-29(38(5)37-35-19)23-17-26-28(34-18-23)24-11-12-25(32(3,4)36-43(41)20(2)40)27(33)31(24)39(26)30(21-9-7-6-8-10-21)22-13-15-42-16-14-22/h6-12,17-18,22,30,36H,13-16H2,1-5H3/t30-,43?/m1/s1. The lowest BCUT2D eigenvalue weighted by molar-refractivity contribution is -0.109. The summed E-state index contributed by atoms with van der Waals surface area (Å²) in [5.41, 5.74) is 4.61. The summed E-state index contributed by atoms with van der Waals surface area (Å²) in [5.74, 6) is -0.264. The number of carbonyl (C=O) groups excluding carboxylic acids is 1. The van der Waals surface area contributed by atoms with Gasteiger partial charge < -0.3 is 9.30 Å². The van der Waals surface area contributed by atoms with Gasteiger partial charge in [-0.15, -0.1) is 5.10 Å². The Morgan fingerprint density at radius 1 is 1.16 bits per heavy atom. The number of fused-ring (bicyclic) bond motifs is 3. The number of nitrogens with one attached hydrogen (secondary N) is 1. The molecule has 0 aliphatic carbocycles. The monoisotopic (exact) mass is 602 g/mol. The Bertz CT molecular complexity index is 1840. The minimum atomic E-state index is -1.97. The van der Waals surface area contributed by atoms with Crippen LogP contribution < -0.4 is 4.72 Å². The Balaban J connectivity index is 1.68. The topological polar surface area (TPSA) is 104 Å². The van der Waals surface area contributed by atoms with Crippen molar-refractivity contribution in [3.63, 3.8) is 0 Å².